The van der Waals surface area contributed by atoms with Crippen LogP contribution in [0.5, 0.6) is 0 Å². The fourth-order valence-electron chi connectivity index (χ4n) is 7.64. The van der Waals surface area contributed by atoms with Gasteiger partial charge in [0.05, 0.1) is 2.74 Å². The molecule has 0 aliphatic rings. The van der Waals surface area contributed by atoms with Gasteiger partial charge in [0.25, 0.3) is 0 Å². The van der Waals surface area contributed by atoms with Crippen LogP contribution in [0, 0.1) is 0 Å². The van der Waals surface area contributed by atoms with Crippen molar-refractivity contribution in [2.45, 2.75) is 0 Å². The van der Waals surface area contributed by atoms with Crippen LogP contribution >= 0.6 is 11.3 Å². The van der Waals surface area contributed by atoms with Crippen molar-refractivity contribution in [3.8, 4) is 44.5 Å². The van der Waals surface area contributed by atoms with Gasteiger partial charge in [0.15, 0.2) is 0 Å². The standard InChI is InChI=1S/C48H30S/c1-2-13-33(14-3-1)43-29-37(30-44-38-16-10-11-21-45(38)49-48(43)44)47-41-19-8-6-17-39(41)46(40-18-7-9-20-42(40)47)34-25-22-32(23-26-34)36-27-24-31-12-4-5-15-35(31)28-36/h1-30H/i1D,4D. The fourth-order valence-corrected chi connectivity index (χ4v) is 8.86. The Labute approximate surface area is 292 Å². The Hall–Kier alpha value is -6.02. The summed E-state index contributed by atoms with van der Waals surface area (Å²) >= 11 is 1.84. The highest BCUT2D eigenvalue weighted by molar-refractivity contribution is 7.26. The van der Waals surface area contributed by atoms with Crippen molar-refractivity contribution in [2.75, 3.05) is 0 Å². The first-order valence-corrected chi connectivity index (χ1v) is 17.5. The Morgan fingerprint density at radius 3 is 1.65 bits per heavy atom. The maximum Gasteiger partial charge on any atom is 0.0623 e. The van der Waals surface area contributed by atoms with E-state index in [2.05, 4.69) is 140 Å². The SMILES string of the molecule is [2H]c1ccc(-c2cc(-c3c4ccccc4c(-c4ccc(-c5ccc6cc([2H])ccc6c5)cc4)c4ccccc34)cc3c2sc2ccccc23)cc1. The summed E-state index contributed by atoms with van der Waals surface area (Å²) in [6.07, 6.45) is 0. The van der Waals surface area contributed by atoms with Crippen LogP contribution in [0.4, 0.5) is 0 Å². The van der Waals surface area contributed by atoms with Crippen LogP contribution in [0.3, 0.4) is 0 Å². The lowest BCUT2D eigenvalue weighted by Crippen LogP contribution is -1.91. The molecule has 0 unspecified atom stereocenters. The minimum absolute atomic E-state index is 0.517. The first kappa shape index (κ1) is 26.0. The molecule has 0 aliphatic carbocycles. The first-order valence-electron chi connectivity index (χ1n) is 17.7. The summed E-state index contributed by atoms with van der Waals surface area (Å²) in [6.45, 7) is 0. The summed E-state index contributed by atoms with van der Waals surface area (Å²) < 4.78 is 18.7. The number of hydrogen-bond donors (Lipinski definition) is 0. The van der Waals surface area contributed by atoms with E-state index in [-0.39, 0.29) is 0 Å². The van der Waals surface area contributed by atoms with Crippen LogP contribution in [0.1, 0.15) is 2.74 Å². The van der Waals surface area contributed by atoms with E-state index < -0.39 is 0 Å². The summed E-state index contributed by atoms with van der Waals surface area (Å²) in [7, 11) is 0. The van der Waals surface area contributed by atoms with Gasteiger partial charge in [-0.1, -0.05) is 158 Å². The van der Waals surface area contributed by atoms with Crippen molar-refractivity contribution in [1.29, 1.82) is 0 Å². The third-order valence-corrected chi connectivity index (χ3v) is 11.1. The summed E-state index contributed by atoms with van der Waals surface area (Å²) in [5.74, 6) is 0. The number of thiophene rings is 1. The van der Waals surface area contributed by atoms with Gasteiger partial charge in [0.2, 0.25) is 0 Å². The van der Waals surface area contributed by atoms with Gasteiger partial charge >= 0.3 is 0 Å². The lowest BCUT2D eigenvalue weighted by atomic mass is 9.84. The van der Waals surface area contributed by atoms with Crippen molar-refractivity contribution in [3.63, 3.8) is 0 Å². The van der Waals surface area contributed by atoms with E-state index in [1.807, 2.05) is 41.7 Å². The van der Waals surface area contributed by atoms with E-state index in [1.165, 1.54) is 80.7 Å². The molecule has 228 valence electrons. The van der Waals surface area contributed by atoms with Crippen molar-refractivity contribution >= 4 is 63.8 Å². The average Bonchev–Trinajstić information content (AvgIpc) is 3.55. The lowest BCUT2D eigenvalue weighted by Gasteiger charge is -2.19. The normalized spacial score (nSPS) is 12.2. The second kappa shape index (κ2) is 11.3. The largest absolute Gasteiger partial charge is 0.135 e. The van der Waals surface area contributed by atoms with E-state index in [4.69, 9.17) is 2.74 Å². The number of hydrogen-bond acceptors (Lipinski definition) is 1. The van der Waals surface area contributed by atoms with Crippen LogP contribution < -0.4 is 0 Å². The van der Waals surface area contributed by atoms with Crippen LogP contribution in [0.15, 0.2) is 182 Å². The highest BCUT2D eigenvalue weighted by Gasteiger charge is 2.19. The molecule has 1 heterocycles. The van der Waals surface area contributed by atoms with E-state index in [1.54, 1.807) is 0 Å². The molecule has 0 spiro atoms. The molecule has 0 nitrogen and oxygen atoms in total. The van der Waals surface area contributed by atoms with Crippen LogP contribution in [0.2, 0.25) is 0 Å². The zero-order valence-electron chi connectivity index (χ0n) is 28.6. The highest BCUT2D eigenvalue weighted by atomic mass is 32.1. The number of rotatable bonds is 4. The molecule has 0 radical (unpaired) electrons. The second-order valence-corrected chi connectivity index (χ2v) is 13.7. The van der Waals surface area contributed by atoms with Gasteiger partial charge in [-0.3, -0.25) is 0 Å². The van der Waals surface area contributed by atoms with Gasteiger partial charge in [-0.15, -0.1) is 11.3 Å². The molecular weight excluding hydrogens is 609 g/mol. The molecule has 0 fully saturated rings. The van der Waals surface area contributed by atoms with E-state index in [0.717, 1.165) is 16.3 Å². The predicted molar refractivity (Wildman–Crippen MR) is 214 cm³/mol. The fraction of sp³-hybridized carbons (Fsp3) is 0. The molecule has 0 atom stereocenters. The van der Waals surface area contributed by atoms with Crippen molar-refractivity contribution in [3.05, 3.63) is 182 Å². The Kier molecular flexibility index (Phi) is 6.00. The molecule has 9 aromatic carbocycles. The average molecular weight is 641 g/mol. The zero-order chi connectivity index (χ0) is 34.1. The van der Waals surface area contributed by atoms with Gasteiger partial charge in [0, 0.05) is 25.7 Å². The molecule has 1 heteroatoms. The Morgan fingerprint density at radius 2 is 0.939 bits per heavy atom. The second-order valence-electron chi connectivity index (χ2n) is 12.7. The molecular formula is C48H30S. The van der Waals surface area contributed by atoms with E-state index >= 15 is 0 Å². The van der Waals surface area contributed by atoms with Gasteiger partial charge < -0.3 is 0 Å². The summed E-state index contributed by atoms with van der Waals surface area (Å²) in [5.41, 5.74) is 9.53. The Bertz CT molecular complexity index is 2910. The number of fused-ring (bicyclic) bond motifs is 6. The summed E-state index contributed by atoms with van der Waals surface area (Å²) in [4.78, 5) is 0. The van der Waals surface area contributed by atoms with Crippen molar-refractivity contribution in [1.82, 2.24) is 0 Å². The zero-order valence-corrected chi connectivity index (χ0v) is 27.4. The molecule has 0 N–H and O–H groups in total. The van der Waals surface area contributed by atoms with Gasteiger partial charge in [-0.25, -0.2) is 0 Å². The lowest BCUT2D eigenvalue weighted by molar-refractivity contribution is 1.63. The predicted octanol–water partition coefficient (Wildman–Crippen LogP) is 14.2. The van der Waals surface area contributed by atoms with E-state index in [9.17, 15) is 0 Å². The van der Waals surface area contributed by atoms with Gasteiger partial charge in [0.1, 0.15) is 0 Å². The first-order chi connectivity index (χ1) is 25.1. The van der Waals surface area contributed by atoms with Crippen molar-refractivity contribution in [2.24, 2.45) is 0 Å². The summed E-state index contributed by atoms with van der Waals surface area (Å²) in [6, 6.07) is 61.4. The smallest absolute Gasteiger partial charge is 0.0623 e. The molecule has 0 saturated heterocycles. The number of benzene rings is 9. The maximum atomic E-state index is 8.14. The van der Waals surface area contributed by atoms with Gasteiger partial charge in [-0.2, -0.15) is 0 Å². The Morgan fingerprint density at radius 1 is 0.347 bits per heavy atom. The minimum atomic E-state index is 0.517. The maximum absolute atomic E-state index is 8.14. The monoisotopic (exact) mass is 640 g/mol. The van der Waals surface area contributed by atoms with E-state index in [0.29, 0.717) is 12.1 Å². The minimum Gasteiger partial charge on any atom is -0.135 e. The van der Waals surface area contributed by atoms with Crippen molar-refractivity contribution < 1.29 is 2.74 Å². The molecule has 10 rings (SSSR count). The quantitative estimate of drug-likeness (QED) is 0.168. The van der Waals surface area contributed by atoms with Gasteiger partial charge in [-0.05, 0) is 95.5 Å². The van der Waals surface area contributed by atoms with Crippen LogP contribution in [0.25, 0.3) is 97.0 Å². The van der Waals surface area contributed by atoms with Crippen LogP contribution in [-0.2, 0) is 0 Å². The Balaban J connectivity index is 1.20. The third-order valence-electron chi connectivity index (χ3n) is 9.92. The molecule has 1 aromatic heterocycles. The topological polar surface area (TPSA) is 0 Å². The third kappa shape index (κ3) is 4.58. The molecule has 0 aliphatic heterocycles. The summed E-state index contributed by atoms with van der Waals surface area (Å²) in [5, 5.41) is 9.68. The molecule has 0 amide bonds. The molecule has 49 heavy (non-hydrogen) atoms. The molecule has 10 aromatic rings. The molecule has 0 saturated carbocycles. The highest BCUT2D eigenvalue weighted by Crippen LogP contribution is 2.48. The molecule has 0 bridgehead atoms. The van der Waals surface area contributed by atoms with Crippen LogP contribution in [-0.4, -0.2) is 0 Å².